The van der Waals surface area contributed by atoms with Crippen LogP contribution in [0.15, 0.2) is 30.3 Å². The molecule has 0 aromatic heterocycles. The normalized spacial score (nSPS) is 39.8. The van der Waals surface area contributed by atoms with E-state index >= 15 is 0 Å². The van der Waals surface area contributed by atoms with Crippen molar-refractivity contribution in [1.82, 2.24) is 5.32 Å². The molecule has 0 saturated heterocycles. The molecule has 4 fully saturated rings. The summed E-state index contributed by atoms with van der Waals surface area (Å²) in [7, 11) is 0. The van der Waals surface area contributed by atoms with Crippen LogP contribution < -0.4 is 5.32 Å². The summed E-state index contributed by atoms with van der Waals surface area (Å²) >= 11 is 0. The number of amides is 1. The maximum atomic E-state index is 12.9. The van der Waals surface area contributed by atoms with Crippen molar-refractivity contribution in [1.29, 1.82) is 0 Å². The number of rotatable bonds is 8. The fourth-order valence-corrected chi connectivity index (χ4v) is 10.1. The average molecular weight is 524 g/mol. The van der Waals surface area contributed by atoms with Gasteiger partial charge < -0.3 is 15.5 Å². The van der Waals surface area contributed by atoms with E-state index in [0.29, 0.717) is 35.0 Å². The van der Waals surface area contributed by atoms with E-state index in [1.165, 1.54) is 44.9 Å². The molecule has 0 unspecified atom stereocenters. The van der Waals surface area contributed by atoms with Gasteiger partial charge in [0.25, 0.3) is 0 Å². The van der Waals surface area contributed by atoms with Gasteiger partial charge in [0.2, 0.25) is 5.91 Å². The third-order valence-electron chi connectivity index (χ3n) is 12.1. The van der Waals surface area contributed by atoms with Gasteiger partial charge in [-0.2, -0.15) is 0 Å². The summed E-state index contributed by atoms with van der Waals surface area (Å²) in [6, 6.07) is 8.95. The molecule has 4 aliphatic carbocycles. The summed E-state index contributed by atoms with van der Waals surface area (Å²) in [5.74, 6) is 3.34. The average Bonchev–Trinajstić information content (AvgIpc) is 3.25. The molecule has 1 aromatic carbocycles. The fourth-order valence-electron chi connectivity index (χ4n) is 10.1. The number of carboxylic acids is 1. The number of hydrogen-bond acceptors (Lipinski definition) is 3. The number of aliphatic carboxylic acids is 1. The fraction of sp³-hybridized carbons (Fsp3) is 0.758. The summed E-state index contributed by atoms with van der Waals surface area (Å²) in [6.45, 7) is 7.48. The summed E-state index contributed by atoms with van der Waals surface area (Å²) in [6.07, 6.45) is 12.2. The minimum Gasteiger partial charge on any atom is -0.481 e. The van der Waals surface area contributed by atoms with Crippen LogP contribution in [0.25, 0.3) is 0 Å². The SMILES string of the molecule is C[C@H](CCC(=O)N[C@H](CC(=O)O)c1ccccc1)[C@H]1CC[C@H]2[C@@H]3CC[C@@H]4C[C@H](O)CC[C@]4(C)[C@H]3CC[C@]12C. The van der Waals surface area contributed by atoms with Crippen molar-refractivity contribution in [2.75, 3.05) is 0 Å². The number of aliphatic hydroxyl groups excluding tert-OH is 1. The van der Waals surface area contributed by atoms with Gasteiger partial charge in [-0.3, -0.25) is 9.59 Å². The van der Waals surface area contributed by atoms with Gasteiger partial charge in [-0.1, -0.05) is 51.1 Å². The number of benzene rings is 1. The van der Waals surface area contributed by atoms with E-state index < -0.39 is 12.0 Å². The van der Waals surface area contributed by atoms with Gasteiger partial charge >= 0.3 is 5.97 Å². The Bertz CT molecular complexity index is 996. The standard InChI is InChI=1S/C33H49NO4/c1-21(9-14-30(36)34-29(20-31(37)38)22-7-5-4-6-8-22)26-12-13-27-25-11-10-23-19-24(35)15-17-32(23,2)28(25)16-18-33(26,27)3/h4-8,21,23-29,35H,9-20H2,1-3H3,(H,34,36)(H,37,38)/t21-,23-,24-,25+,26-,27+,28+,29-,32+,33-/m1/s1. The van der Waals surface area contributed by atoms with Crippen molar-refractivity contribution >= 4 is 11.9 Å². The number of nitrogens with one attached hydrogen (secondary N) is 1. The molecule has 1 aromatic rings. The van der Waals surface area contributed by atoms with Crippen LogP contribution in [0.2, 0.25) is 0 Å². The van der Waals surface area contributed by atoms with E-state index in [0.717, 1.165) is 42.6 Å². The summed E-state index contributed by atoms with van der Waals surface area (Å²) in [5.41, 5.74) is 1.62. The Morgan fingerprint density at radius 2 is 1.68 bits per heavy atom. The van der Waals surface area contributed by atoms with E-state index in [-0.39, 0.29) is 18.4 Å². The van der Waals surface area contributed by atoms with E-state index in [4.69, 9.17) is 0 Å². The zero-order valence-electron chi connectivity index (χ0n) is 23.7. The van der Waals surface area contributed by atoms with Gasteiger partial charge in [0.15, 0.2) is 0 Å². The molecule has 10 atom stereocenters. The third kappa shape index (κ3) is 5.17. The molecular weight excluding hydrogens is 474 g/mol. The molecule has 5 heteroatoms. The van der Waals surface area contributed by atoms with Crippen molar-refractivity contribution in [3.8, 4) is 0 Å². The number of carbonyl (C=O) groups excluding carboxylic acids is 1. The van der Waals surface area contributed by atoms with Gasteiger partial charge in [0.05, 0.1) is 18.6 Å². The second kappa shape index (κ2) is 10.9. The van der Waals surface area contributed by atoms with Crippen LogP contribution in [-0.4, -0.2) is 28.2 Å². The summed E-state index contributed by atoms with van der Waals surface area (Å²) in [5, 5.41) is 22.7. The summed E-state index contributed by atoms with van der Waals surface area (Å²) in [4.78, 5) is 24.4. The second-order valence-corrected chi connectivity index (χ2v) is 14.0. The van der Waals surface area contributed by atoms with Crippen LogP contribution in [0.3, 0.4) is 0 Å². The van der Waals surface area contributed by atoms with Crippen molar-refractivity contribution < 1.29 is 19.8 Å². The maximum Gasteiger partial charge on any atom is 0.305 e. The maximum absolute atomic E-state index is 12.9. The van der Waals surface area contributed by atoms with Crippen LogP contribution in [0.4, 0.5) is 0 Å². The van der Waals surface area contributed by atoms with Crippen molar-refractivity contribution in [2.45, 2.75) is 110 Å². The number of carbonyl (C=O) groups is 2. The molecule has 3 N–H and O–H groups in total. The molecule has 5 nitrogen and oxygen atoms in total. The Hall–Kier alpha value is -1.88. The number of carboxylic acid groups (broad SMARTS) is 1. The first-order valence-corrected chi connectivity index (χ1v) is 15.4. The third-order valence-corrected chi connectivity index (χ3v) is 12.1. The Balaban J connectivity index is 1.20. The highest BCUT2D eigenvalue weighted by Gasteiger charge is 2.60. The second-order valence-electron chi connectivity index (χ2n) is 14.0. The molecule has 210 valence electrons. The molecule has 4 aliphatic rings. The highest BCUT2D eigenvalue weighted by atomic mass is 16.4. The zero-order chi connectivity index (χ0) is 27.1. The molecule has 5 rings (SSSR count). The van der Waals surface area contributed by atoms with Crippen LogP contribution >= 0.6 is 0 Å². The molecule has 1 amide bonds. The molecule has 0 heterocycles. The first kappa shape index (κ1) is 27.7. The molecule has 0 spiro atoms. The van der Waals surface area contributed by atoms with Crippen molar-refractivity contribution in [3.05, 3.63) is 35.9 Å². The number of fused-ring (bicyclic) bond motifs is 5. The predicted octanol–water partition coefficient (Wildman–Crippen LogP) is 6.75. The molecule has 38 heavy (non-hydrogen) atoms. The Labute approximate surface area is 229 Å². The quantitative estimate of drug-likeness (QED) is 0.352. The van der Waals surface area contributed by atoms with Crippen LogP contribution in [0.1, 0.15) is 109 Å². The first-order chi connectivity index (χ1) is 18.1. The van der Waals surface area contributed by atoms with Gasteiger partial charge in [-0.25, -0.2) is 0 Å². The lowest BCUT2D eigenvalue weighted by molar-refractivity contribution is -0.137. The number of aliphatic hydroxyl groups is 1. The minimum absolute atomic E-state index is 0.0407. The van der Waals surface area contributed by atoms with E-state index in [1.807, 2.05) is 30.3 Å². The Morgan fingerprint density at radius 3 is 2.42 bits per heavy atom. The van der Waals surface area contributed by atoms with Crippen LogP contribution in [0, 0.1) is 46.3 Å². The molecule has 0 bridgehead atoms. The Morgan fingerprint density at radius 1 is 0.974 bits per heavy atom. The predicted molar refractivity (Wildman–Crippen MR) is 149 cm³/mol. The van der Waals surface area contributed by atoms with Crippen molar-refractivity contribution in [2.24, 2.45) is 46.3 Å². The lowest BCUT2D eigenvalue weighted by atomic mass is 9.44. The largest absolute Gasteiger partial charge is 0.481 e. The van der Waals surface area contributed by atoms with Crippen LogP contribution in [0.5, 0.6) is 0 Å². The summed E-state index contributed by atoms with van der Waals surface area (Å²) < 4.78 is 0. The molecule has 4 saturated carbocycles. The Kier molecular flexibility index (Phi) is 7.97. The zero-order valence-corrected chi connectivity index (χ0v) is 23.7. The highest BCUT2D eigenvalue weighted by molar-refractivity contribution is 5.77. The lowest BCUT2D eigenvalue weighted by Crippen LogP contribution is -2.54. The van der Waals surface area contributed by atoms with Gasteiger partial charge in [-0.05, 0) is 116 Å². The van der Waals surface area contributed by atoms with Gasteiger partial charge in [0, 0.05) is 6.42 Å². The molecular formula is C33H49NO4. The molecule has 0 radical (unpaired) electrons. The number of hydrogen-bond donors (Lipinski definition) is 3. The minimum atomic E-state index is -0.902. The lowest BCUT2D eigenvalue weighted by Gasteiger charge is -2.61. The van der Waals surface area contributed by atoms with Crippen molar-refractivity contribution in [3.63, 3.8) is 0 Å². The smallest absolute Gasteiger partial charge is 0.305 e. The van der Waals surface area contributed by atoms with E-state index in [2.05, 4.69) is 26.1 Å². The van der Waals surface area contributed by atoms with Crippen LogP contribution in [-0.2, 0) is 9.59 Å². The van der Waals surface area contributed by atoms with Gasteiger partial charge in [-0.15, -0.1) is 0 Å². The first-order valence-electron chi connectivity index (χ1n) is 15.4. The van der Waals surface area contributed by atoms with Gasteiger partial charge in [0.1, 0.15) is 0 Å². The van der Waals surface area contributed by atoms with E-state index in [1.54, 1.807) is 0 Å². The monoisotopic (exact) mass is 523 g/mol. The molecule has 0 aliphatic heterocycles. The topological polar surface area (TPSA) is 86.6 Å². The van der Waals surface area contributed by atoms with E-state index in [9.17, 15) is 19.8 Å². The highest BCUT2D eigenvalue weighted by Crippen LogP contribution is 2.68.